The van der Waals surface area contributed by atoms with Gasteiger partial charge < -0.3 is 15.7 Å². The molecule has 98 valence electrons. The van der Waals surface area contributed by atoms with Crippen LogP contribution >= 0.6 is 11.6 Å². The van der Waals surface area contributed by atoms with E-state index in [1.807, 2.05) is 24.3 Å². The summed E-state index contributed by atoms with van der Waals surface area (Å²) >= 11 is 6.07. The van der Waals surface area contributed by atoms with Gasteiger partial charge in [-0.1, -0.05) is 29.8 Å². The predicted molar refractivity (Wildman–Crippen MR) is 70.7 cm³/mol. The van der Waals surface area contributed by atoms with E-state index in [1.54, 1.807) is 0 Å². The second-order valence-electron chi connectivity index (χ2n) is 4.60. The molecule has 1 heterocycles. The molecule has 4 nitrogen and oxygen atoms in total. The monoisotopic (exact) mass is 268 g/mol. The molecule has 3 N–H and O–H groups in total. The number of nitrogens with one attached hydrogen (secondary N) is 2. The fourth-order valence-corrected chi connectivity index (χ4v) is 2.38. The molecule has 18 heavy (non-hydrogen) atoms. The number of benzene rings is 1. The van der Waals surface area contributed by atoms with E-state index in [-0.39, 0.29) is 12.0 Å². The Morgan fingerprint density at radius 2 is 2.22 bits per heavy atom. The maximum atomic E-state index is 10.9. The molecule has 1 aliphatic rings. The van der Waals surface area contributed by atoms with Crippen LogP contribution in [0.15, 0.2) is 24.3 Å². The summed E-state index contributed by atoms with van der Waals surface area (Å²) < 4.78 is 0. The van der Waals surface area contributed by atoms with Gasteiger partial charge in [0.1, 0.15) is 0 Å². The number of carboxylic acid groups (broad SMARTS) is 1. The molecule has 1 aromatic carbocycles. The van der Waals surface area contributed by atoms with Gasteiger partial charge >= 0.3 is 5.97 Å². The average Bonchev–Trinajstić information content (AvgIpc) is 2.38. The third-order valence-corrected chi connectivity index (χ3v) is 3.61. The minimum Gasteiger partial charge on any atom is -0.481 e. The third-order valence-electron chi connectivity index (χ3n) is 3.24. The molecule has 0 amide bonds. The van der Waals surface area contributed by atoms with Crippen LogP contribution in [0.3, 0.4) is 0 Å². The van der Waals surface area contributed by atoms with Crippen LogP contribution in [-0.2, 0) is 11.3 Å². The minimum absolute atomic E-state index is 0.177. The molecule has 1 saturated heterocycles. The van der Waals surface area contributed by atoms with Gasteiger partial charge in [-0.3, -0.25) is 4.79 Å². The summed E-state index contributed by atoms with van der Waals surface area (Å²) in [6, 6.07) is 7.85. The van der Waals surface area contributed by atoms with Crippen LogP contribution in [-0.4, -0.2) is 30.2 Å². The van der Waals surface area contributed by atoms with Crippen LogP contribution in [0.2, 0.25) is 5.02 Å². The minimum atomic E-state index is -0.730. The molecule has 2 rings (SSSR count). The molecule has 1 aromatic rings. The Morgan fingerprint density at radius 1 is 1.44 bits per heavy atom. The predicted octanol–water partition coefficient (Wildman–Crippen LogP) is 1.49. The summed E-state index contributed by atoms with van der Waals surface area (Å²) in [5.74, 6) is -1.03. The molecule has 0 aliphatic carbocycles. The summed E-state index contributed by atoms with van der Waals surface area (Å²) in [5.41, 5.74) is 1.04. The van der Waals surface area contributed by atoms with Gasteiger partial charge in [-0.15, -0.1) is 0 Å². The zero-order valence-electron chi connectivity index (χ0n) is 10.0. The molecule has 0 bridgehead atoms. The molecule has 0 saturated carbocycles. The number of carboxylic acids is 1. The van der Waals surface area contributed by atoms with Crippen molar-refractivity contribution in [2.45, 2.75) is 19.0 Å². The summed E-state index contributed by atoms with van der Waals surface area (Å²) in [5, 5.41) is 16.2. The van der Waals surface area contributed by atoms with Crippen LogP contribution in [0.5, 0.6) is 0 Å². The second kappa shape index (κ2) is 6.18. The first-order valence-electron chi connectivity index (χ1n) is 6.07. The van der Waals surface area contributed by atoms with Gasteiger partial charge in [-0.05, 0) is 18.1 Å². The number of carbonyl (C=O) groups is 1. The summed E-state index contributed by atoms with van der Waals surface area (Å²) in [4.78, 5) is 10.9. The van der Waals surface area contributed by atoms with Crippen LogP contribution in [0.1, 0.15) is 12.0 Å². The third kappa shape index (κ3) is 3.45. The van der Waals surface area contributed by atoms with E-state index in [0.29, 0.717) is 19.5 Å². The highest BCUT2D eigenvalue weighted by Crippen LogP contribution is 2.16. The zero-order chi connectivity index (χ0) is 13.0. The lowest BCUT2D eigenvalue weighted by Gasteiger charge is -2.28. The van der Waals surface area contributed by atoms with Crippen molar-refractivity contribution in [1.82, 2.24) is 10.6 Å². The van der Waals surface area contributed by atoms with Crippen molar-refractivity contribution < 1.29 is 9.90 Å². The smallest absolute Gasteiger partial charge is 0.307 e. The van der Waals surface area contributed by atoms with Crippen molar-refractivity contribution in [2.75, 3.05) is 13.1 Å². The molecule has 1 aliphatic heterocycles. The average molecular weight is 269 g/mol. The van der Waals surface area contributed by atoms with E-state index in [2.05, 4.69) is 10.6 Å². The second-order valence-corrected chi connectivity index (χ2v) is 5.01. The fourth-order valence-electron chi connectivity index (χ4n) is 2.18. The van der Waals surface area contributed by atoms with Gasteiger partial charge in [0.15, 0.2) is 0 Å². The standard InChI is InChI=1S/C13H17ClN2O2/c14-12-4-2-1-3-9(12)7-16-11-5-10(13(17)18)6-15-8-11/h1-4,10-11,15-16H,5-8H2,(H,17,18)/t10-,11+/m0/s1. The highest BCUT2D eigenvalue weighted by atomic mass is 35.5. The van der Waals surface area contributed by atoms with Gasteiger partial charge in [-0.25, -0.2) is 0 Å². The first-order chi connectivity index (χ1) is 8.66. The highest BCUT2D eigenvalue weighted by Gasteiger charge is 2.26. The normalized spacial score (nSPS) is 23.8. The first-order valence-corrected chi connectivity index (χ1v) is 6.45. The molecular formula is C13H17ClN2O2. The fraction of sp³-hybridized carbons (Fsp3) is 0.462. The Balaban J connectivity index is 1.87. The number of aliphatic carboxylic acids is 1. The largest absolute Gasteiger partial charge is 0.481 e. The van der Waals surface area contributed by atoms with Gasteiger partial charge in [0.2, 0.25) is 0 Å². The molecule has 1 fully saturated rings. The van der Waals surface area contributed by atoms with Gasteiger partial charge in [-0.2, -0.15) is 0 Å². The van der Waals surface area contributed by atoms with Crippen molar-refractivity contribution >= 4 is 17.6 Å². The number of hydrogen-bond donors (Lipinski definition) is 3. The highest BCUT2D eigenvalue weighted by molar-refractivity contribution is 6.31. The summed E-state index contributed by atoms with van der Waals surface area (Å²) in [6.45, 7) is 2.02. The van der Waals surface area contributed by atoms with Crippen molar-refractivity contribution in [3.8, 4) is 0 Å². The number of halogens is 1. The van der Waals surface area contributed by atoms with E-state index in [1.165, 1.54) is 0 Å². The van der Waals surface area contributed by atoms with Crippen LogP contribution in [0, 0.1) is 5.92 Å². The van der Waals surface area contributed by atoms with Crippen LogP contribution < -0.4 is 10.6 Å². The molecule has 2 atom stereocenters. The topological polar surface area (TPSA) is 61.4 Å². The van der Waals surface area contributed by atoms with Crippen molar-refractivity contribution in [2.24, 2.45) is 5.92 Å². The number of piperidine rings is 1. The van der Waals surface area contributed by atoms with E-state index >= 15 is 0 Å². The summed E-state index contributed by atoms with van der Waals surface area (Å²) in [6.07, 6.45) is 0.660. The van der Waals surface area contributed by atoms with Crippen molar-refractivity contribution in [1.29, 1.82) is 0 Å². The lowest BCUT2D eigenvalue weighted by molar-refractivity contribution is -0.142. The van der Waals surface area contributed by atoms with Crippen molar-refractivity contribution in [3.63, 3.8) is 0 Å². The zero-order valence-corrected chi connectivity index (χ0v) is 10.8. The Hall–Kier alpha value is -1.10. The van der Waals surface area contributed by atoms with E-state index in [9.17, 15) is 4.79 Å². The Bertz CT molecular complexity index is 425. The van der Waals surface area contributed by atoms with E-state index < -0.39 is 5.97 Å². The maximum Gasteiger partial charge on any atom is 0.307 e. The molecule has 5 heteroatoms. The summed E-state index contributed by atoms with van der Waals surface area (Å²) in [7, 11) is 0. The Labute approximate surface area is 111 Å². The van der Waals surface area contributed by atoms with Crippen molar-refractivity contribution in [3.05, 3.63) is 34.9 Å². The molecule has 0 unspecified atom stereocenters. The SMILES string of the molecule is O=C(O)[C@@H]1CNC[C@H](NCc2ccccc2Cl)C1. The quantitative estimate of drug-likeness (QED) is 0.774. The van der Waals surface area contributed by atoms with Gasteiger partial charge in [0.05, 0.1) is 5.92 Å². The molecule has 0 spiro atoms. The molecular weight excluding hydrogens is 252 g/mol. The Morgan fingerprint density at radius 3 is 2.94 bits per heavy atom. The van der Waals surface area contributed by atoms with Gasteiger partial charge in [0, 0.05) is 30.7 Å². The van der Waals surface area contributed by atoms with Crippen LogP contribution in [0.4, 0.5) is 0 Å². The Kier molecular flexibility index (Phi) is 4.58. The molecule has 0 radical (unpaired) electrons. The molecule has 0 aromatic heterocycles. The van der Waals surface area contributed by atoms with Gasteiger partial charge in [0.25, 0.3) is 0 Å². The van der Waals surface area contributed by atoms with Crippen LogP contribution in [0.25, 0.3) is 0 Å². The maximum absolute atomic E-state index is 10.9. The first kappa shape index (κ1) is 13.3. The lowest BCUT2D eigenvalue weighted by atomic mass is 9.96. The van der Waals surface area contributed by atoms with E-state index in [0.717, 1.165) is 17.1 Å². The number of hydrogen-bond acceptors (Lipinski definition) is 3. The number of rotatable bonds is 4. The van der Waals surface area contributed by atoms with E-state index in [4.69, 9.17) is 16.7 Å². The lowest BCUT2D eigenvalue weighted by Crippen LogP contribution is -2.48.